The van der Waals surface area contributed by atoms with E-state index in [9.17, 15) is 9.59 Å². The number of carbonyl (C=O) groups excluding carboxylic acids is 2. The minimum Gasteiger partial charge on any atom is -0.497 e. The Balaban J connectivity index is 1.51. The maximum atomic E-state index is 11.8. The van der Waals surface area contributed by atoms with E-state index >= 15 is 0 Å². The normalized spacial score (nSPS) is 14.3. The molecule has 7 heteroatoms. The van der Waals surface area contributed by atoms with Gasteiger partial charge in [0.1, 0.15) is 18.1 Å². The fraction of sp³-hybridized carbons (Fsp3) is 0.579. The Labute approximate surface area is 154 Å². The highest BCUT2D eigenvalue weighted by Crippen LogP contribution is 2.18. The Morgan fingerprint density at radius 2 is 1.85 bits per heavy atom. The van der Waals surface area contributed by atoms with Crippen LogP contribution < -0.4 is 25.4 Å². The topological polar surface area (TPSA) is 88.7 Å². The van der Waals surface area contributed by atoms with Gasteiger partial charge in [-0.05, 0) is 25.0 Å². The van der Waals surface area contributed by atoms with Crippen LogP contribution in [-0.4, -0.2) is 44.8 Å². The van der Waals surface area contributed by atoms with Gasteiger partial charge in [0.15, 0.2) is 0 Å². The fourth-order valence-electron chi connectivity index (χ4n) is 2.91. The predicted molar refractivity (Wildman–Crippen MR) is 99.5 cm³/mol. The van der Waals surface area contributed by atoms with Crippen molar-refractivity contribution in [3.8, 4) is 11.5 Å². The minimum atomic E-state index is -0.189. The molecule has 0 saturated heterocycles. The molecule has 0 heterocycles. The minimum absolute atomic E-state index is 0.114. The average Bonchev–Trinajstić information content (AvgIpc) is 2.66. The number of urea groups is 1. The summed E-state index contributed by atoms with van der Waals surface area (Å²) in [5.74, 6) is 1.31. The van der Waals surface area contributed by atoms with Crippen LogP contribution in [0.5, 0.6) is 11.5 Å². The van der Waals surface area contributed by atoms with E-state index in [4.69, 9.17) is 9.47 Å². The van der Waals surface area contributed by atoms with Crippen LogP contribution in [-0.2, 0) is 4.79 Å². The number of methoxy groups -OCH3 is 1. The summed E-state index contributed by atoms with van der Waals surface area (Å²) in [6.45, 7) is 1.10. The smallest absolute Gasteiger partial charge is 0.315 e. The third-order valence-corrected chi connectivity index (χ3v) is 4.31. The molecule has 0 aliphatic heterocycles. The van der Waals surface area contributed by atoms with Gasteiger partial charge in [-0.25, -0.2) is 4.79 Å². The van der Waals surface area contributed by atoms with Crippen molar-refractivity contribution in [2.24, 2.45) is 0 Å². The van der Waals surface area contributed by atoms with Gasteiger partial charge in [-0.2, -0.15) is 0 Å². The lowest BCUT2D eigenvalue weighted by Gasteiger charge is -2.22. The van der Waals surface area contributed by atoms with E-state index in [1.165, 1.54) is 19.3 Å². The van der Waals surface area contributed by atoms with E-state index in [2.05, 4.69) is 16.0 Å². The zero-order valence-corrected chi connectivity index (χ0v) is 15.4. The Morgan fingerprint density at radius 3 is 2.62 bits per heavy atom. The summed E-state index contributed by atoms with van der Waals surface area (Å²) in [5.41, 5.74) is 0. The first-order valence-electron chi connectivity index (χ1n) is 9.25. The number of hydrogen-bond donors (Lipinski definition) is 3. The van der Waals surface area contributed by atoms with Gasteiger partial charge in [-0.15, -0.1) is 0 Å². The zero-order valence-electron chi connectivity index (χ0n) is 15.4. The van der Waals surface area contributed by atoms with Crippen LogP contribution in [0.2, 0.25) is 0 Å². The van der Waals surface area contributed by atoms with Gasteiger partial charge < -0.3 is 25.4 Å². The molecule has 1 aromatic rings. The highest BCUT2D eigenvalue weighted by Gasteiger charge is 2.15. The molecule has 0 bridgehead atoms. The summed E-state index contributed by atoms with van der Waals surface area (Å²) in [5, 5.41) is 8.46. The SMILES string of the molecule is COc1cccc(OCCNC(=O)CCNC(=O)NC2CCCCC2)c1. The molecule has 26 heavy (non-hydrogen) atoms. The first-order valence-corrected chi connectivity index (χ1v) is 9.25. The number of amides is 3. The van der Waals surface area contributed by atoms with E-state index < -0.39 is 0 Å². The van der Waals surface area contributed by atoms with Crippen molar-refractivity contribution >= 4 is 11.9 Å². The molecule has 0 atom stereocenters. The molecule has 3 N–H and O–H groups in total. The lowest BCUT2D eigenvalue weighted by Crippen LogP contribution is -2.44. The molecule has 0 radical (unpaired) electrons. The Bertz CT molecular complexity index is 574. The second-order valence-corrected chi connectivity index (χ2v) is 6.36. The molecule has 1 aliphatic carbocycles. The van der Waals surface area contributed by atoms with Crippen molar-refractivity contribution < 1.29 is 19.1 Å². The van der Waals surface area contributed by atoms with Crippen molar-refractivity contribution in [3.05, 3.63) is 24.3 Å². The van der Waals surface area contributed by atoms with Crippen LogP contribution in [0.3, 0.4) is 0 Å². The van der Waals surface area contributed by atoms with Crippen molar-refractivity contribution in [1.82, 2.24) is 16.0 Å². The summed E-state index contributed by atoms with van der Waals surface area (Å²) < 4.78 is 10.7. The van der Waals surface area contributed by atoms with Crippen LogP contribution in [0.15, 0.2) is 24.3 Å². The Kier molecular flexibility index (Phi) is 8.59. The number of carbonyl (C=O) groups is 2. The first kappa shape index (κ1) is 19.9. The van der Waals surface area contributed by atoms with Crippen LogP contribution in [0.25, 0.3) is 0 Å². The molecular formula is C19H29N3O4. The maximum Gasteiger partial charge on any atom is 0.315 e. The molecule has 3 amide bonds. The molecule has 1 aliphatic rings. The lowest BCUT2D eigenvalue weighted by molar-refractivity contribution is -0.121. The summed E-state index contributed by atoms with van der Waals surface area (Å²) in [4.78, 5) is 23.5. The molecule has 7 nitrogen and oxygen atoms in total. The van der Waals surface area contributed by atoms with E-state index in [1.54, 1.807) is 13.2 Å². The third-order valence-electron chi connectivity index (χ3n) is 4.31. The second-order valence-electron chi connectivity index (χ2n) is 6.36. The molecule has 1 saturated carbocycles. The van der Waals surface area contributed by atoms with Crippen LogP contribution >= 0.6 is 0 Å². The van der Waals surface area contributed by atoms with E-state index in [0.29, 0.717) is 25.4 Å². The Morgan fingerprint density at radius 1 is 1.08 bits per heavy atom. The van der Waals surface area contributed by atoms with Crippen molar-refractivity contribution in [2.75, 3.05) is 26.8 Å². The van der Waals surface area contributed by atoms with Crippen molar-refractivity contribution in [1.29, 1.82) is 0 Å². The number of nitrogens with one attached hydrogen (secondary N) is 3. The summed E-state index contributed by atoms with van der Waals surface area (Å²) in [6, 6.07) is 7.39. The number of hydrogen-bond acceptors (Lipinski definition) is 4. The summed E-state index contributed by atoms with van der Waals surface area (Å²) >= 11 is 0. The van der Waals surface area contributed by atoms with Gasteiger partial charge in [-0.1, -0.05) is 25.3 Å². The van der Waals surface area contributed by atoms with Gasteiger partial charge >= 0.3 is 6.03 Å². The fourth-order valence-corrected chi connectivity index (χ4v) is 2.91. The molecule has 144 valence electrons. The first-order chi connectivity index (χ1) is 12.7. The summed E-state index contributed by atoms with van der Waals surface area (Å²) in [7, 11) is 1.60. The second kappa shape index (κ2) is 11.2. The predicted octanol–water partition coefficient (Wildman–Crippen LogP) is 2.21. The molecule has 0 aromatic heterocycles. The van der Waals surface area contributed by atoms with E-state index in [1.807, 2.05) is 18.2 Å². The van der Waals surface area contributed by atoms with Gasteiger partial charge in [-0.3, -0.25) is 4.79 Å². The lowest BCUT2D eigenvalue weighted by atomic mass is 9.96. The highest BCUT2D eigenvalue weighted by atomic mass is 16.5. The molecule has 1 fully saturated rings. The number of benzene rings is 1. The molecule has 0 unspecified atom stereocenters. The van der Waals surface area contributed by atoms with Gasteiger partial charge in [0.2, 0.25) is 5.91 Å². The van der Waals surface area contributed by atoms with Crippen LogP contribution in [0.1, 0.15) is 38.5 Å². The summed E-state index contributed by atoms with van der Waals surface area (Å²) in [6.07, 6.45) is 5.93. The van der Waals surface area contributed by atoms with Gasteiger partial charge in [0, 0.05) is 25.1 Å². The average molecular weight is 363 g/mol. The van der Waals surface area contributed by atoms with Crippen molar-refractivity contribution in [2.45, 2.75) is 44.6 Å². The Hall–Kier alpha value is -2.44. The quantitative estimate of drug-likeness (QED) is 0.587. The van der Waals surface area contributed by atoms with Gasteiger partial charge in [0.25, 0.3) is 0 Å². The molecular weight excluding hydrogens is 334 g/mol. The molecule has 1 aromatic carbocycles. The van der Waals surface area contributed by atoms with E-state index in [0.717, 1.165) is 18.6 Å². The molecule has 2 rings (SSSR count). The maximum absolute atomic E-state index is 11.8. The van der Waals surface area contributed by atoms with E-state index in [-0.39, 0.29) is 24.4 Å². The van der Waals surface area contributed by atoms with Crippen molar-refractivity contribution in [3.63, 3.8) is 0 Å². The molecule has 0 spiro atoms. The monoisotopic (exact) mass is 363 g/mol. The van der Waals surface area contributed by atoms with Crippen LogP contribution in [0, 0.1) is 0 Å². The van der Waals surface area contributed by atoms with Gasteiger partial charge in [0.05, 0.1) is 13.7 Å². The van der Waals surface area contributed by atoms with Crippen LogP contribution in [0.4, 0.5) is 4.79 Å². The number of rotatable bonds is 9. The third kappa shape index (κ3) is 7.63. The number of ether oxygens (including phenoxy) is 2. The standard InChI is InChI=1S/C19H29N3O4/c1-25-16-8-5-9-17(14-16)26-13-12-20-18(23)10-11-21-19(24)22-15-6-3-2-4-7-15/h5,8-9,14-15H,2-4,6-7,10-13H2,1H3,(H,20,23)(H2,21,22,24). The zero-order chi connectivity index (χ0) is 18.6. The highest BCUT2D eigenvalue weighted by molar-refractivity contribution is 5.78. The largest absolute Gasteiger partial charge is 0.497 e.